The monoisotopic (exact) mass is 380 g/mol. The van der Waals surface area contributed by atoms with Crippen LogP contribution in [0.4, 0.5) is 5.69 Å². The lowest BCUT2D eigenvalue weighted by molar-refractivity contribution is 0.764. The van der Waals surface area contributed by atoms with Crippen molar-refractivity contribution < 1.29 is 0 Å². The summed E-state index contributed by atoms with van der Waals surface area (Å²) in [6, 6.07) is 9.90. The molecule has 0 spiro atoms. The SMILES string of the molecule is Cc1cccc(-n2nc3cc(Br)c(N)c(Br)c3n2)c1. The molecule has 0 radical (unpaired) electrons. The summed E-state index contributed by atoms with van der Waals surface area (Å²) in [5, 5.41) is 8.96. The van der Waals surface area contributed by atoms with Crippen molar-refractivity contribution in [1.29, 1.82) is 0 Å². The van der Waals surface area contributed by atoms with Crippen molar-refractivity contribution in [2.24, 2.45) is 0 Å². The van der Waals surface area contributed by atoms with Crippen molar-refractivity contribution >= 4 is 48.6 Å². The van der Waals surface area contributed by atoms with E-state index in [0.717, 1.165) is 25.7 Å². The van der Waals surface area contributed by atoms with Gasteiger partial charge in [-0.05, 0) is 62.5 Å². The Labute approximate surface area is 126 Å². The van der Waals surface area contributed by atoms with Crippen LogP contribution in [0, 0.1) is 6.92 Å². The molecule has 0 aliphatic rings. The zero-order valence-electron chi connectivity index (χ0n) is 10.1. The Bertz CT molecular complexity index is 780. The van der Waals surface area contributed by atoms with E-state index in [1.54, 1.807) is 4.80 Å². The third-order valence-corrected chi connectivity index (χ3v) is 4.30. The highest BCUT2D eigenvalue weighted by molar-refractivity contribution is 9.11. The van der Waals surface area contributed by atoms with Gasteiger partial charge in [-0.1, -0.05) is 12.1 Å². The quantitative estimate of drug-likeness (QED) is 0.651. The fraction of sp³-hybridized carbons (Fsp3) is 0.0769. The van der Waals surface area contributed by atoms with E-state index in [9.17, 15) is 0 Å². The molecule has 4 nitrogen and oxygen atoms in total. The van der Waals surface area contributed by atoms with Crippen molar-refractivity contribution in [3.63, 3.8) is 0 Å². The Kier molecular flexibility index (Phi) is 3.06. The number of hydrogen-bond donors (Lipinski definition) is 1. The maximum absolute atomic E-state index is 5.95. The van der Waals surface area contributed by atoms with Crippen LogP contribution in [0.15, 0.2) is 39.3 Å². The lowest BCUT2D eigenvalue weighted by Gasteiger charge is -2.00. The smallest absolute Gasteiger partial charge is 0.130 e. The number of benzene rings is 2. The second-order valence-corrected chi connectivity index (χ2v) is 5.93. The third-order valence-electron chi connectivity index (χ3n) is 2.84. The minimum Gasteiger partial charge on any atom is -0.397 e. The molecule has 1 heterocycles. The van der Waals surface area contributed by atoms with Gasteiger partial charge < -0.3 is 5.73 Å². The highest BCUT2D eigenvalue weighted by atomic mass is 79.9. The molecule has 2 aromatic carbocycles. The highest BCUT2D eigenvalue weighted by Gasteiger charge is 2.13. The number of anilines is 1. The summed E-state index contributed by atoms with van der Waals surface area (Å²) in [7, 11) is 0. The van der Waals surface area contributed by atoms with Crippen LogP contribution < -0.4 is 5.73 Å². The number of aryl methyl sites for hydroxylation is 1. The molecule has 19 heavy (non-hydrogen) atoms. The fourth-order valence-corrected chi connectivity index (χ4v) is 3.05. The summed E-state index contributed by atoms with van der Waals surface area (Å²) in [4.78, 5) is 1.62. The zero-order chi connectivity index (χ0) is 13.6. The highest BCUT2D eigenvalue weighted by Crippen LogP contribution is 2.34. The number of aromatic nitrogens is 3. The van der Waals surface area contributed by atoms with E-state index >= 15 is 0 Å². The maximum Gasteiger partial charge on any atom is 0.130 e. The van der Waals surface area contributed by atoms with E-state index in [2.05, 4.69) is 42.1 Å². The predicted octanol–water partition coefficient (Wildman–Crippen LogP) is 3.84. The van der Waals surface area contributed by atoms with Gasteiger partial charge in [-0.3, -0.25) is 0 Å². The van der Waals surface area contributed by atoms with Gasteiger partial charge in [-0.2, -0.15) is 4.80 Å². The Morgan fingerprint density at radius 2 is 1.95 bits per heavy atom. The van der Waals surface area contributed by atoms with E-state index in [-0.39, 0.29) is 0 Å². The van der Waals surface area contributed by atoms with Gasteiger partial charge in [-0.25, -0.2) is 0 Å². The largest absolute Gasteiger partial charge is 0.397 e. The topological polar surface area (TPSA) is 56.7 Å². The van der Waals surface area contributed by atoms with Gasteiger partial charge in [0, 0.05) is 4.47 Å². The van der Waals surface area contributed by atoms with Crippen molar-refractivity contribution in [2.75, 3.05) is 5.73 Å². The molecule has 3 aromatic rings. The first-order valence-corrected chi connectivity index (χ1v) is 7.22. The molecular weight excluding hydrogens is 372 g/mol. The average molecular weight is 382 g/mol. The summed E-state index contributed by atoms with van der Waals surface area (Å²) in [5.74, 6) is 0. The molecule has 0 amide bonds. The number of nitrogens with two attached hydrogens (primary N) is 1. The predicted molar refractivity (Wildman–Crippen MR) is 83.4 cm³/mol. The number of hydrogen-bond acceptors (Lipinski definition) is 3. The van der Waals surface area contributed by atoms with Crippen LogP contribution in [-0.2, 0) is 0 Å². The minimum absolute atomic E-state index is 0.629. The van der Waals surface area contributed by atoms with Crippen molar-refractivity contribution in [2.45, 2.75) is 6.92 Å². The second kappa shape index (κ2) is 4.61. The van der Waals surface area contributed by atoms with Gasteiger partial charge in [0.05, 0.1) is 15.8 Å². The van der Waals surface area contributed by atoms with Gasteiger partial charge in [0.1, 0.15) is 11.0 Å². The summed E-state index contributed by atoms with van der Waals surface area (Å²) >= 11 is 6.87. The minimum atomic E-state index is 0.629. The molecule has 0 saturated heterocycles. The first-order chi connectivity index (χ1) is 9.06. The molecule has 0 fully saturated rings. The normalized spacial score (nSPS) is 11.1. The van der Waals surface area contributed by atoms with Crippen LogP contribution in [0.5, 0.6) is 0 Å². The van der Waals surface area contributed by atoms with Gasteiger partial charge in [0.15, 0.2) is 0 Å². The van der Waals surface area contributed by atoms with Crippen LogP contribution in [0.3, 0.4) is 0 Å². The summed E-state index contributed by atoms with van der Waals surface area (Å²) < 4.78 is 1.57. The van der Waals surface area contributed by atoms with Crippen LogP contribution in [-0.4, -0.2) is 15.0 Å². The van der Waals surface area contributed by atoms with Crippen molar-refractivity contribution in [3.05, 3.63) is 44.8 Å². The Morgan fingerprint density at radius 3 is 2.68 bits per heavy atom. The van der Waals surface area contributed by atoms with Gasteiger partial charge in [-0.15, -0.1) is 10.2 Å². The van der Waals surface area contributed by atoms with Crippen LogP contribution in [0.2, 0.25) is 0 Å². The van der Waals surface area contributed by atoms with Gasteiger partial charge in [0.2, 0.25) is 0 Å². The number of nitrogen functional groups attached to an aromatic ring is 1. The molecule has 2 N–H and O–H groups in total. The van der Waals surface area contributed by atoms with E-state index in [1.165, 1.54) is 5.56 Å². The van der Waals surface area contributed by atoms with E-state index in [1.807, 2.05) is 37.3 Å². The molecule has 0 aliphatic heterocycles. The van der Waals surface area contributed by atoms with Gasteiger partial charge >= 0.3 is 0 Å². The molecule has 0 atom stereocenters. The standard InChI is InChI=1S/C13H10Br2N4/c1-7-3-2-4-8(5-7)19-17-10-6-9(14)12(16)11(15)13(10)18-19/h2-6H,16H2,1H3. The maximum atomic E-state index is 5.95. The number of halogens is 2. The van der Waals surface area contributed by atoms with Crippen LogP contribution >= 0.6 is 31.9 Å². The molecule has 3 rings (SSSR count). The molecule has 96 valence electrons. The molecule has 0 bridgehead atoms. The van der Waals surface area contributed by atoms with E-state index in [0.29, 0.717) is 5.69 Å². The van der Waals surface area contributed by atoms with Crippen molar-refractivity contribution in [3.8, 4) is 5.69 Å². The zero-order valence-corrected chi connectivity index (χ0v) is 13.2. The number of rotatable bonds is 1. The Morgan fingerprint density at radius 1 is 1.16 bits per heavy atom. The third kappa shape index (κ3) is 2.15. The number of nitrogens with zero attached hydrogens (tertiary/aromatic N) is 3. The molecule has 6 heteroatoms. The Balaban J connectivity index is 2.25. The first kappa shape index (κ1) is 12.6. The molecular formula is C13H10Br2N4. The Hall–Kier alpha value is -1.40. The van der Waals surface area contributed by atoms with E-state index in [4.69, 9.17) is 5.73 Å². The number of fused-ring (bicyclic) bond motifs is 1. The van der Waals surface area contributed by atoms with Crippen molar-refractivity contribution in [1.82, 2.24) is 15.0 Å². The lowest BCUT2D eigenvalue weighted by Crippen LogP contribution is -1.98. The summed E-state index contributed by atoms with van der Waals surface area (Å²) in [6.07, 6.45) is 0. The molecule has 0 aliphatic carbocycles. The van der Waals surface area contributed by atoms with Crippen LogP contribution in [0.25, 0.3) is 16.7 Å². The molecule has 1 aromatic heterocycles. The first-order valence-electron chi connectivity index (χ1n) is 5.64. The second-order valence-electron chi connectivity index (χ2n) is 4.28. The average Bonchev–Trinajstić information content (AvgIpc) is 2.80. The molecule has 0 unspecified atom stereocenters. The van der Waals surface area contributed by atoms with Gasteiger partial charge in [0.25, 0.3) is 0 Å². The fourth-order valence-electron chi connectivity index (χ4n) is 1.87. The lowest BCUT2D eigenvalue weighted by atomic mass is 10.2. The summed E-state index contributed by atoms with van der Waals surface area (Å²) in [5.41, 5.74) is 10.2. The van der Waals surface area contributed by atoms with Crippen LogP contribution in [0.1, 0.15) is 5.56 Å². The summed E-state index contributed by atoms with van der Waals surface area (Å²) in [6.45, 7) is 2.04. The van der Waals surface area contributed by atoms with E-state index < -0.39 is 0 Å². The molecule has 0 saturated carbocycles.